The number of morpholine rings is 1. The normalized spacial score (nSPS) is 21.2. The minimum absolute atomic E-state index is 0.0638. The molecule has 7 nitrogen and oxygen atoms in total. The summed E-state index contributed by atoms with van der Waals surface area (Å²) >= 11 is 0. The van der Waals surface area contributed by atoms with Crippen LogP contribution < -0.4 is 14.4 Å². The SMILES string of the molecule is COc1ccc(C2=C(N3CC(C)OC(C)C3)C(=O)N(c3cc(C)cc(C)c3)C2=O)cc1OC. The molecule has 174 valence electrons. The van der Waals surface area contributed by atoms with Gasteiger partial charge in [-0.25, -0.2) is 4.90 Å². The highest BCUT2D eigenvalue weighted by molar-refractivity contribution is 6.45. The van der Waals surface area contributed by atoms with Gasteiger partial charge in [0.25, 0.3) is 11.8 Å². The van der Waals surface area contributed by atoms with E-state index in [1.165, 1.54) is 4.90 Å². The quantitative estimate of drug-likeness (QED) is 0.647. The molecule has 0 saturated carbocycles. The molecule has 2 unspecified atom stereocenters. The summed E-state index contributed by atoms with van der Waals surface area (Å²) in [5.74, 6) is 0.380. The standard InChI is InChI=1S/C26H30N2O5/c1-15-9-16(2)11-20(10-15)28-25(29)23(19-7-8-21(31-5)22(12-19)32-6)24(26(28)30)27-13-17(3)33-18(4)14-27/h7-12,17-18H,13-14H2,1-6H3. The number of imide groups is 1. The Morgan fingerprint density at radius 2 is 1.45 bits per heavy atom. The molecule has 2 aliphatic rings. The summed E-state index contributed by atoms with van der Waals surface area (Å²) < 4.78 is 16.7. The van der Waals surface area contributed by atoms with Gasteiger partial charge in [-0.1, -0.05) is 12.1 Å². The van der Waals surface area contributed by atoms with Gasteiger partial charge in [0.15, 0.2) is 11.5 Å². The molecular weight excluding hydrogens is 420 g/mol. The summed E-state index contributed by atoms with van der Waals surface area (Å²) in [5.41, 5.74) is 3.92. The maximum atomic E-state index is 13.8. The van der Waals surface area contributed by atoms with Crippen LogP contribution in [-0.2, 0) is 14.3 Å². The summed E-state index contributed by atoms with van der Waals surface area (Å²) in [5, 5.41) is 0. The van der Waals surface area contributed by atoms with Crippen molar-refractivity contribution in [2.24, 2.45) is 0 Å². The van der Waals surface area contributed by atoms with Crippen LogP contribution in [0.5, 0.6) is 11.5 Å². The van der Waals surface area contributed by atoms with Crippen LogP contribution in [0.15, 0.2) is 42.1 Å². The molecule has 2 heterocycles. The monoisotopic (exact) mass is 450 g/mol. The smallest absolute Gasteiger partial charge is 0.282 e. The van der Waals surface area contributed by atoms with E-state index in [0.29, 0.717) is 47.1 Å². The number of rotatable bonds is 5. The Morgan fingerprint density at radius 1 is 0.848 bits per heavy atom. The Balaban J connectivity index is 1.88. The van der Waals surface area contributed by atoms with Crippen LogP contribution in [0.2, 0.25) is 0 Å². The fourth-order valence-corrected chi connectivity index (χ4v) is 4.74. The third-order valence-corrected chi connectivity index (χ3v) is 5.93. The minimum atomic E-state index is -0.348. The van der Waals surface area contributed by atoms with Gasteiger partial charge < -0.3 is 19.1 Å². The second-order valence-electron chi connectivity index (χ2n) is 8.75. The fourth-order valence-electron chi connectivity index (χ4n) is 4.74. The van der Waals surface area contributed by atoms with E-state index in [-0.39, 0.29) is 24.0 Å². The highest BCUT2D eigenvalue weighted by Crippen LogP contribution is 2.39. The lowest BCUT2D eigenvalue weighted by molar-refractivity contribution is -0.121. The Labute approximate surface area is 194 Å². The topological polar surface area (TPSA) is 68.3 Å². The molecule has 2 amide bonds. The number of hydrogen-bond acceptors (Lipinski definition) is 6. The Morgan fingerprint density at radius 3 is 2.03 bits per heavy atom. The fraction of sp³-hybridized carbons (Fsp3) is 0.385. The molecule has 2 aromatic carbocycles. The predicted octanol–water partition coefficient (Wildman–Crippen LogP) is 3.71. The Bertz CT molecular complexity index is 1110. The molecule has 2 aliphatic heterocycles. The molecule has 1 fully saturated rings. The average molecular weight is 451 g/mol. The van der Waals surface area contributed by atoms with Gasteiger partial charge in [0.1, 0.15) is 5.70 Å². The summed E-state index contributed by atoms with van der Waals surface area (Å²) in [4.78, 5) is 30.9. The van der Waals surface area contributed by atoms with E-state index >= 15 is 0 Å². The van der Waals surface area contributed by atoms with E-state index in [1.54, 1.807) is 32.4 Å². The zero-order valence-electron chi connectivity index (χ0n) is 20.0. The number of carbonyl (C=O) groups is 2. The summed E-state index contributed by atoms with van der Waals surface area (Å²) in [6, 6.07) is 11.0. The van der Waals surface area contributed by atoms with E-state index in [9.17, 15) is 9.59 Å². The zero-order valence-corrected chi connectivity index (χ0v) is 20.0. The van der Waals surface area contributed by atoms with Gasteiger partial charge in [0, 0.05) is 13.1 Å². The number of benzene rings is 2. The van der Waals surface area contributed by atoms with Crippen LogP contribution in [-0.4, -0.2) is 56.2 Å². The number of nitrogens with zero attached hydrogens (tertiary/aromatic N) is 2. The molecule has 2 atom stereocenters. The molecular formula is C26H30N2O5. The summed E-state index contributed by atoms with van der Waals surface area (Å²) in [6.45, 7) is 8.91. The van der Waals surface area contributed by atoms with Gasteiger partial charge in [-0.2, -0.15) is 0 Å². The second kappa shape index (κ2) is 8.90. The molecule has 0 radical (unpaired) electrons. The van der Waals surface area contributed by atoms with Crippen molar-refractivity contribution in [1.82, 2.24) is 4.90 Å². The van der Waals surface area contributed by atoms with E-state index in [2.05, 4.69) is 0 Å². The summed E-state index contributed by atoms with van der Waals surface area (Å²) in [7, 11) is 3.11. The van der Waals surface area contributed by atoms with Crippen molar-refractivity contribution in [3.8, 4) is 11.5 Å². The lowest BCUT2D eigenvalue weighted by Gasteiger charge is -2.37. The van der Waals surface area contributed by atoms with Crippen molar-refractivity contribution in [2.75, 3.05) is 32.2 Å². The maximum absolute atomic E-state index is 13.8. The lowest BCUT2D eigenvalue weighted by atomic mass is 10.0. The number of aryl methyl sites for hydroxylation is 2. The van der Waals surface area contributed by atoms with Crippen LogP contribution in [0.25, 0.3) is 5.57 Å². The number of methoxy groups -OCH3 is 2. The maximum Gasteiger partial charge on any atom is 0.282 e. The predicted molar refractivity (Wildman–Crippen MR) is 126 cm³/mol. The van der Waals surface area contributed by atoms with Crippen molar-refractivity contribution in [1.29, 1.82) is 0 Å². The van der Waals surface area contributed by atoms with Crippen LogP contribution in [0.3, 0.4) is 0 Å². The first-order chi connectivity index (χ1) is 15.7. The molecule has 0 aliphatic carbocycles. The first kappa shape index (κ1) is 22.9. The first-order valence-corrected chi connectivity index (χ1v) is 11.1. The van der Waals surface area contributed by atoms with Crippen LogP contribution in [0.4, 0.5) is 5.69 Å². The first-order valence-electron chi connectivity index (χ1n) is 11.1. The van der Waals surface area contributed by atoms with Gasteiger partial charge in [-0.3, -0.25) is 9.59 Å². The summed E-state index contributed by atoms with van der Waals surface area (Å²) in [6.07, 6.45) is -0.128. The van der Waals surface area contributed by atoms with Gasteiger partial charge in [-0.05, 0) is 68.7 Å². The van der Waals surface area contributed by atoms with Gasteiger partial charge in [0.05, 0.1) is 37.7 Å². The van der Waals surface area contributed by atoms with Gasteiger partial charge in [0.2, 0.25) is 0 Å². The molecule has 2 aromatic rings. The highest BCUT2D eigenvalue weighted by atomic mass is 16.5. The number of hydrogen-bond donors (Lipinski definition) is 0. The van der Waals surface area contributed by atoms with Crippen molar-refractivity contribution in [3.63, 3.8) is 0 Å². The average Bonchev–Trinajstić information content (AvgIpc) is 3.01. The molecule has 0 spiro atoms. The second-order valence-corrected chi connectivity index (χ2v) is 8.75. The molecule has 4 rings (SSSR count). The van der Waals surface area contributed by atoms with Crippen molar-refractivity contribution < 1.29 is 23.8 Å². The van der Waals surface area contributed by atoms with Crippen LogP contribution in [0, 0.1) is 13.8 Å². The largest absolute Gasteiger partial charge is 0.493 e. The molecule has 0 bridgehead atoms. The molecule has 0 aromatic heterocycles. The highest BCUT2D eigenvalue weighted by Gasteiger charge is 2.44. The number of carbonyl (C=O) groups excluding carboxylic acids is 2. The zero-order chi connectivity index (χ0) is 23.9. The van der Waals surface area contributed by atoms with E-state index in [4.69, 9.17) is 14.2 Å². The number of anilines is 1. The van der Waals surface area contributed by atoms with E-state index in [1.807, 2.05) is 50.8 Å². The Kier molecular flexibility index (Phi) is 6.17. The number of ether oxygens (including phenoxy) is 3. The Hall–Kier alpha value is -3.32. The molecule has 33 heavy (non-hydrogen) atoms. The van der Waals surface area contributed by atoms with Gasteiger partial charge >= 0.3 is 0 Å². The molecule has 1 saturated heterocycles. The van der Waals surface area contributed by atoms with Crippen LogP contribution >= 0.6 is 0 Å². The third kappa shape index (κ3) is 4.20. The van der Waals surface area contributed by atoms with E-state index < -0.39 is 0 Å². The van der Waals surface area contributed by atoms with Crippen molar-refractivity contribution in [3.05, 3.63) is 58.8 Å². The van der Waals surface area contributed by atoms with Crippen molar-refractivity contribution >= 4 is 23.1 Å². The van der Waals surface area contributed by atoms with Crippen LogP contribution in [0.1, 0.15) is 30.5 Å². The molecule has 7 heteroatoms. The lowest BCUT2D eigenvalue weighted by Crippen LogP contribution is -2.47. The van der Waals surface area contributed by atoms with Crippen molar-refractivity contribution in [2.45, 2.75) is 39.9 Å². The third-order valence-electron chi connectivity index (χ3n) is 5.93. The van der Waals surface area contributed by atoms with E-state index in [0.717, 1.165) is 11.1 Å². The minimum Gasteiger partial charge on any atom is -0.493 e. The number of amides is 2. The molecule has 0 N–H and O–H groups in total. The van der Waals surface area contributed by atoms with Gasteiger partial charge in [-0.15, -0.1) is 0 Å².